The summed E-state index contributed by atoms with van der Waals surface area (Å²) in [7, 11) is -10.8. The molecule has 1 aromatic rings. The highest BCUT2D eigenvalue weighted by molar-refractivity contribution is 7.61. The molecule has 9 atom stereocenters. The topological polar surface area (TPSA) is 278 Å². The van der Waals surface area contributed by atoms with Gasteiger partial charge in [-0.25, -0.2) is 13.9 Å². The number of hydrogen-bond acceptors (Lipinski definition) is 16. The van der Waals surface area contributed by atoms with E-state index >= 15 is 0 Å². The number of carbonyl (C=O) groups is 2. The molecule has 2 saturated heterocycles. The third-order valence-corrected chi connectivity index (χ3v) is 14.9. The van der Waals surface area contributed by atoms with E-state index in [1.165, 1.54) is 95.7 Å². The molecule has 6 N–H and O–H groups in total. The Morgan fingerprint density at radius 2 is 1.26 bits per heavy atom. The van der Waals surface area contributed by atoms with Crippen LogP contribution in [0, 0.1) is 0 Å². The fourth-order valence-corrected chi connectivity index (χ4v) is 10.3. The van der Waals surface area contributed by atoms with Gasteiger partial charge < -0.3 is 44.7 Å². The number of carbonyl (C=O) groups excluding carboxylic acids is 2. The first-order valence-electron chi connectivity index (χ1n) is 25.8. The second-order valence-electron chi connectivity index (χ2n) is 18.4. The second kappa shape index (κ2) is 34.8. The van der Waals surface area contributed by atoms with Gasteiger partial charge in [0.2, 0.25) is 0 Å². The van der Waals surface area contributed by atoms with Gasteiger partial charge in [0.25, 0.3) is 0 Å². The molecule has 2 aliphatic rings. The fraction of sp³-hybridized carbons (Fsp3) is 0.833. The molecule has 0 aliphatic carbocycles. The van der Waals surface area contributed by atoms with Crippen molar-refractivity contribution >= 4 is 33.4 Å². The fourth-order valence-electron chi connectivity index (χ4n) is 8.14. The van der Waals surface area contributed by atoms with Gasteiger partial charge in [0.15, 0.2) is 12.3 Å². The summed E-state index contributed by atoms with van der Waals surface area (Å²) in [5, 5.41) is 20.9. The summed E-state index contributed by atoms with van der Waals surface area (Å²) in [6, 6.07) is 1.25. The number of nitrogens with two attached hydrogens (primary N) is 1. The van der Waals surface area contributed by atoms with Gasteiger partial charge in [-0.2, -0.15) is 9.29 Å². The first kappa shape index (κ1) is 60.8. The number of ether oxygens (including phenoxy) is 4. The lowest BCUT2D eigenvalue weighted by Crippen LogP contribution is -2.36. The molecule has 0 bridgehead atoms. The highest BCUT2D eigenvalue weighted by Gasteiger charge is 2.46. The van der Waals surface area contributed by atoms with Crippen molar-refractivity contribution in [2.24, 2.45) is 0 Å². The Balaban J connectivity index is 1.39. The zero-order chi connectivity index (χ0) is 50.3. The van der Waals surface area contributed by atoms with Crippen LogP contribution in [0.4, 0.5) is 5.82 Å². The van der Waals surface area contributed by atoms with E-state index < -0.39 is 83.7 Å². The van der Waals surface area contributed by atoms with Crippen molar-refractivity contribution in [3.05, 3.63) is 34.9 Å². The van der Waals surface area contributed by atoms with Crippen LogP contribution in [-0.2, 0) is 51.0 Å². The quantitative estimate of drug-likeness (QED) is 0.0134. The Labute approximate surface area is 409 Å². The smallest absolute Gasteiger partial charge is 0.462 e. The van der Waals surface area contributed by atoms with Crippen LogP contribution in [0.15, 0.2) is 29.2 Å². The lowest BCUT2D eigenvalue weighted by atomic mass is 10.0. The zero-order valence-corrected chi connectivity index (χ0v) is 43.1. The number of anilines is 1. The van der Waals surface area contributed by atoms with Crippen LogP contribution >= 0.6 is 15.6 Å². The van der Waals surface area contributed by atoms with Crippen molar-refractivity contribution in [3.63, 3.8) is 0 Å². The SMILES string of the molecule is CCCCCCCCCCCCCCCCCC(=O)O[C@H](COC(=O)CCCCCCC/C=C\CC1OC1CCCCC)COP(=O)(O)OP(=O)(O)OC[C@H]1O[C@@H](n2ccc(N)nc2=O)[C@H](O)[C@@H]1O. The summed E-state index contributed by atoms with van der Waals surface area (Å²) >= 11 is 0. The summed E-state index contributed by atoms with van der Waals surface area (Å²) in [6.45, 7) is 2.13. The van der Waals surface area contributed by atoms with Gasteiger partial charge >= 0.3 is 33.3 Å². The van der Waals surface area contributed by atoms with Crippen molar-refractivity contribution in [2.75, 3.05) is 25.6 Å². The number of nitrogen functional groups attached to an aromatic ring is 1. The lowest BCUT2D eigenvalue weighted by molar-refractivity contribution is -0.161. The largest absolute Gasteiger partial charge is 0.481 e. The number of esters is 2. The molecule has 0 saturated carbocycles. The van der Waals surface area contributed by atoms with Crippen LogP contribution < -0.4 is 11.4 Å². The van der Waals surface area contributed by atoms with E-state index in [0.29, 0.717) is 25.0 Å². The molecule has 4 unspecified atom stereocenters. The molecule has 398 valence electrons. The molecule has 3 rings (SSSR count). The van der Waals surface area contributed by atoms with Crippen molar-refractivity contribution in [1.29, 1.82) is 0 Å². The molecule has 0 spiro atoms. The molecule has 0 amide bonds. The van der Waals surface area contributed by atoms with Crippen LogP contribution in [0.3, 0.4) is 0 Å². The predicted molar refractivity (Wildman–Crippen MR) is 261 cm³/mol. The van der Waals surface area contributed by atoms with Crippen LogP contribution in [0.1, 0.15) is 200 Å². The van der Waals surface area contributed by atoms with Gasteiger partial charge in [-0.1, -0.05) is 154 Å². The van der Waals surface area contributed by atoms with Crippen LogP contribution in [-0.4, -0.2) is 97.9 Å². The first-order chi connectivity index (χ1) is 33.1. The molecule has 69 heavy (non-hydrogen) atoms. The number of hydrogen-bond donors (Lipinski definition) is 5. The Bertz CT molecular complexity index is 1770. The minimum atomic E-state index is -5.43. The average Bonchev–Trinajstić information content (AvgIpc) is 3.99. The maximum atomic E-state index is 12.9. The van der Waals surface area contributed by atoms with Gasteiger partial charge in [-0.05, 0) is 44.6 Å². The maximum Gasteiger partial charge on any atom is 0.481 e. The van der Waals surface area contributed by atoms with Crippen molar-refractivity contribution < 1.29 is 71.0 Å². The summed E-state index contributed by atoms with van der Waals surface area (Å²) in [4.78, 5) is 61.9. The van der Waals surface area contributed by atoms with Crippen molar-refractivity contribution in [3.8, 4) is 0 Å². The number of phosphoric acid groups is 2. The highest BCUT2D eigenvalue weighted by Crippen LogP contribution is 2.60. The van der Waals surface area contributed by atoms with Gasteiger partial charge in [0.05, 0.1) is 25.4 Å². The molecule has 0 aromatic carbocycles. The van der Waals surface area contributed by atoms with Gasteiger partial charge in [-0.15, -0.1) is 0 Å². The third-order valence-electron chi connectivity index (χ3n) is 12.3. The molecule has 1 aromatic heterocycles. The van der Waals surface area contributed by atoms with Gasteiger partial charge in [0.1, 0.15) is 30.7 Å². The number of nitrogens with zero attached hydrogens (tertiary/aromatic N) is 2. The number of rotatable bonds is 42. The summed E-state index contributed by atoms with van der Waals surface area (Å²) in [5.41, 5.74) is 4.59. The second-order valence-corrected chi connectivity index (χ2v) is 21.5. The first-order valence-corrected chi connectivity index (χ1v) is 28.8. The molecule has 2 fully saturated rings. The molecule has 0 radical (unpaired) electrons. The van der Waals surface area contributed by atoms with Crippen molar-refractivity contribution in [1.82, 2.24) is 9.55 Å². The van der Waals surface area contributed by atoms with Gasteiger partial charge in [-0.3, -0.25) is 23.2 Å². The van der Waals surface area contributed by atoms with E-state index in [9.17, 15) is 43.5 Å². The molecular weight excluding hydrogens is 936 g/mol. The van der Waals surface area contributed by atoms with E-state index in [1.54, 1.807) is 0 Å². The Morgan fingerprint density at radius 3 is 1.87 bits per heavy atom. The molecule has 3 heterocycles. The van der Waals surface area contributed by atoms with Crippen molar-refractivity contribution in [2.45, 2.75) is 236 Å². The molecule has 21 heteroatoms. The van der Waals surface area contributed by atoms with E-state index in [4.69, 9.17) is 33.7 Å². The maximum absolute atomic E-state index is 12.9. The number of aliphatic hydroxyl groups is 2. The van der Waals surface area contributed by atoms with Crippen LogP contribution in [0.2, 0.25) is 0 Å². The number of unbranched alkanes of at least 4 members (excludes halogenated alkanes) is 21. The standard InChI is InChI=1S/C48H85N3O16P2/c1-3-5-7-8-9-10-11-12-13-14-15-16-21-24-28-32-44(53)64-38(35-61-43(52)31-27-23-20-18-17-19-22-26-30-40-39(65-40)29-25-6-4-2)36-62-68(57,58)67-69(59,60)63-37-41-45(54)46(55)47(66-41)51-34-33-42(49)50-48(51)56/h22,26,33-34,38-41,45-47,54-55H,3-21,23-25,27-32,35-37H2,1-2H3,(H,57,58)(H,59,60)(H2,49,50,56)/b26-22-/t38-,39?,40?,41-,45-,46-,47-/m1/s1. The number of epoxide rings is 1. The Hall–Kier alpha value is -2.54. The van der Waals surface area contributed by atoms with E-state index in [0.717, 1.165) is 75.2 Å². The summed E-state index contributed by atoms with van der Waals surface area (Å²) < 4.78 is 62.6. The van der Waals surface area contributed by atoms with Crippen LogP contribution in [0.5, 0.6) is 0 Å². The van der Waals surface area contributed by atoms with E-state index in [1.807, 2.05) is 0 Å². The number of aromatic nitrogens is 2. The Kier molecular flexibility index (Phi) is 30.6. The van der Waals surface area contributed by atoms with E-state index in [-0.39, 0.29) is 18.7 Å². The molecular formula is C48H85N3O16P2. The molecule has 19 nitrogen and oxygen atoms in total. The predicted octanol–water partition coefficient (Wildman–Crippen LogP) is 9.44. The monoisotopic (exact) mass is 1020 g/mol. The van der Waals surface area contributed by atoms with Crippen LogP contribution in [0.25, 0.3) is 0 Å². The molecule has 2 aliphatic heterocycles. The Morgan fingerprint density at radius 1 is 0.710 bits per heavy atom. The number of phosphoric ester groups is 2. The minimum absolute atomic E-state index is 0.0497. The summed E-state index contributed by atoms with van der Waals surface area (Å²) in [6.07, 6.45) is 27.4. The summed E-state index contributed by atoms with van der Waals surface area (Å²) in [5.74, 6) is -1.31. The zero-order valence-electron chi connectivity index (χ0n) is 41.3. The van der Waals surface area contributed by atoms with E-state index in [2.05, 4.69) is 35.3 Å². The average molecular weight is 1020 g/mol. The number of allylic oxidation sites excluding steroid dienone is 1. The lowest BCUT2D eigenvalue weighted by Gasteiger charge is -2.21. The highest BCUT2D eigenvalue weighted by atomic mass is 31.3. The minimum Gasteiger partial charge on any atom is -0.462 e. The third kappa shape index (κ3) is 27.2. The normalized spacial score (nSPS) is 22.3. The van der Waals surface area contributed by atoms with Gasteiger partial charge in [0, 0.05) is 19.0 Å². The number of aliphatic hydroxyl groups excluding tert-OH is 2.